The van der Waals surface area contributed by atoms with Crippen molar-refractivity contribution in [2.45, 2.75) is 20.3 Å². The van der Waals surface area contributed by atoms with Crippen molar-refractivity contribution >= 4 is 5.97 Å². The Morgan fingerprint density at radius 1 is 1.00 bits per heavy atom. The second kappa shape index (κ2) is 10.1. The third kappa shape index (κ3) is 6.99. The van der Waals surface area contributed by atoms with E-state index in [1.807, 2.05) is 31.2 Å². The molecule has 20 heavy (non-hydrogen) atoms. The highest BCUT2D eigenvalue weighted by Gasteiger charge is 2.00. The topological polar surface area (TPSA) is 56.8 Å². The Kier molecular flexibility index (Phi) is 8.22. The van der Waals surface area contributed by atoms with Gasteiger partial charge < -0.3 is 19.5 Å². The maximum Gasteiger partial charge on any atom is 0.307 e. The summed E-state index contributed by atoms with van der Waals surface area (Å²) < 4.78 is 15.7. The van der Waals surface area contributed by atoms with Crippen molar-refractivity contribution in [2.24, 2.45) is 0 Å². The molecule has 0 atom stereocenters. The predicted molar refractivity (Wildman–Crippen MR) is 77.2 cm³/mol. The molecule has 1 aromatic rings. The van der Waals surface area contributed by atoms with Crippen molar-refractivity contribution in [3.05, 3.63) is 24.3 Å². The number of hydrogen-bond donors (Lipinski definition) is 1. The molecule has 0 aliphatic carbocycles. The molecule has 5 nitrogen and oxygen atoms in total. The van der Waals surface area contributed by atoms with Gasteiger partial charge in [-0.25, -0.2) is 0 Å². The minimum absolute atomic E-state index is 0.174. The standard InChI is InChI=1S/C15H23NO4/c1-3-18-13-5-7-14(8-6-13)20-12-11-16-10-9-15(17)19-4-2/h5-8,16H,3-4,9-12H2,1-2H3. The van der Waals surface area contributed by atoms with Crippen molar-refractivity contribution in [3.63, 3.8) is 0 Å². The molecule has 1 N–H and O–H groups in total. The highest BCUT2D eigenvalue weighted by molar-refractivity contribution is 5.69. The van der Waals surface area contributed by atoms with Gasteiger partial charge in [0.05, 0.1) is 19.6 Å². The maximum absolute atomic E-state index is 11.1. The summed E-state index contributed by atoms with van der Waals surface area (Å²) in [6.45, 7) is 6.68. The second-order valence-electron chi connectivity index (χ2n) is 4.06. The van der Waals surface area contributed by atoms with Crippen molar-refractivity contribution in [3.8, 4) is 11.5 Å². The summed E-state index contributed by atoms with van der Waals surface area (Å²) in [7, 11) is 0. The first kappa shape index (κ1) is 16.3. The molecule has 0 fully saturated rings. The van der Waals surface area contributed by atoms with Crippen LogP contribution < -0.4 is 14.8 Å². The molecular weight excluding hydrogens is 258 g/mol. The largest absolute Gasteiger partial charge is 0.494 e. The average molecular weight is 281 g/mol. The van der Waals surface area contributed by atoms with E-state index in [0.717, 1.165) is 11.5 Å². The predicted octanol–water partition coefficient (Wildman–Crippen LogP) is 2.01. The summed E-state index contributed by atoms with van der Waals surface area (Å²) in [5, 5.41) is 3.13. The normalized spacial score (nSPS) is 10.1. The Balaban J connectivity index is 2.07. The molecule has 0 radical (unpaired) electrons. The molecule has 0 aromatic heterocycles. The van der Waals surface area contributed by atoms with Crippen LogP contribution in [0.15, 0.2) is 24.3 Å². The van der Waals surface area contributed by atoms with Crippen molar-refractivity contribution in [2.75, 3.05) is 32.9 Å². The third-order valence-electron chi connectivity index (χ3n) is 2.49. The van der Waals surface area contributed by atoms with Gasteiger partial charge >= 0.3 is 5.97 Å². The van der Waals surface area contributed by atoms with E-state index in [1.54, 1.807) is 6.92 Å². The van der Waals surface area contributed by atoms with E-state index in [-0.39, 0.29) is 5.97 Å². The highest BCUT2D eigenvalue weighted by Crippen LogP contribution is 2.17. The fourth-order valence-electron chi connectivity index (χ4n) is 1.59. The van der Waals surface area contributed by atoms with Gasteiger partial charge in [-0.15, -0.1) is 0 Å². The van der Waals surface area contributed by atoms with Crippen LogP contribution in [0.3, 0.4) is 0 Å². The first-order valence-corrected chi connectivity index (χ1v) is 6.98. The van der Waals surface area contributed by atoms with Crippen LogP contribution in [0.25, 0.3) is 0 Å². The van der Waals surface area contributed by atoms with E-state index in [4.69, 9.17) is 14.2 Å². The molecule has 112 valence electrons. The molecule has 0 unspecified atom stereocenters. The van der Waals surface area contributed by atoms with Gasteiger partial charge in [0.1, 0.15) is 18.1 Å². The van der Waals surface area contributed by atoms with E-state index >= 15 is 0 Å². The van der Waals surface area contributed by atoms with Gasteiger partial charge in [-0.1, -0.05) is 0 Å². The van der Waals surface area contributed by atoms with Gasteiger partial charge in [0.25, 0.3) is 0 Å². The van der Waals surface area contributed by atoms with E-state index in [1.165, 1.54) is 0 Å². The van der Waals surface area contributed by atoms with Crippen LogP contribution in [0.4, 0.5) is 0 Å². The Hall–Kier alpha value is -1.75. The molecule has 0 heterocycles. The molecule has 1 rings (SSSR count). The van der Waals surface area contributed by atoms with E-state index in [0.29, 0.717) is 39.3 Å². The van der Waals surface area contributed by atoms with Crippen LogP contribution in [0.2, 0.25) is 0 Å². The molecule has 0 saturated carbocycles. The molecule has 0 bridgehead atoms. The number of benzene rings is 1. The van der Waals surface area contributed by atoms with Gasteiger partial charge in [0.2, 0.25) is 0 Å². The van der Waals surface area contributed by atoms with Crippen LogP contribution in [0, 0.1) is 0 Å². The molecule has 1 aromatic carbocycles. The average Bonchev–Trinajstić information content (AvgIpc) is 2.45. The van der Waals surface area contributed by atoms with Gasteiger partial charge in [0.15, 0.2) is 0 Å². The Labute approximate surface area is 120 Å². The van der Waals surface area contributed by atoms with Gasteiger partial charge in [0, 0.05) is 13.1 Å². The molecule has 0 saturated heterocycles. The summed E-state index contributed by atoms with van der Waals surface area (Å²) >= 11 is 0. The van der Waals surface area contributed by atoms with E-state index in [2.05, 4.69) is 5.32 Å². The minimum Gasteiger partial charge on any atom is -0.494 e. The number of rotatable bonds is 10. The quantitative estimate of drug-likeness (QED) is 0.525. The summed E-state index contributed by atoms with van der Waals surface area (Å²) in [6, 6.07) is 7.52. The SMILES string of the molecule is CCOC(=O)CCNCCOc1ccc(OCC)cc1. The molecule has 0 aliphatic heterocycles. The zero-order valence-electron chi connectivity index (χ0n) is 12.2. The zero-order chi connectivity index (χ0) is 14.6. The highest BCUT2D eigenvalue weighted by atomic mass is 16.5. The first-order chi connectivity index (χ1) is 9.76. The number of carbonyl (C=O) groups excluding carboxylic acids is 1. The lowest BCUT2D eigenvalue weighted by molar-refractivity contribution is -0.142. The van der Waals surface area contributed by atoms with Gasteiger partial charge in [-0.05, 0) is 38.1 Å². The second-order valence-corrected chi connectivity index (χ2v) is 4.06. The fourth-order valence-corrected chi connectivity index (χ4v) is 1.59. The maximum atomic E-state index is 11.1. The van der Waals surface area contributed by atoms with Crippen LogP contribution in [-0.4, -0.2) is 38.9 Å². The smallest absolute Gasteiger partial charge is 0.307 e. The monoisotopic (exact) mass is 281 g/mol. The van der Waals surface area contributed by atoms with Crippen LogP contribution >= 0.6 is 0 Å². The van der Waals surface area contributed by atoms with Gasteiger partial charge in [-0.2, -0.15) is 0 Å². The summed E-state index contributed by atoms with van der Waals surface area (Å²) in [4.78, 5) is 11.1. The summed E-state index contributed by atoms with van der Waals surface area (Å²) in [6.07, 6.45) is 0.386. The van der Waals surface area contributed by atoms with E-state index < -0.39 is 0 Å². The van der Waals surface area contributed by atoms with Crippen LogP contribution in [0.1, 0.15) is 20.3 Å². The molecule has 5 heteroatoms. The molecule has 0 spiro atoms. The van der Waals surface area contributed by atoms with Crippen LogP contribution in [-0.2, 0) is 9.53 Å². The lowest BCUT2D eigenvalue weighted by Crippen LogP contribution is -2.24. The molecule has 0 aliphatic rings. The number of nitrogens with one attached hydrogen (secondary N) is 1. The van der Waals surface area contributed by atoms with Crippen LogP contribution in [0.5, 0.6) is 11.5 Å². The molecule has 0 amide bonds. The number of esters is 1. The lowest BCUT2D eigenvalue weighted by atomic mass is 10.3. The fraction of sp³-hybridized carbons (Fsp3) is 0.533. The van der Waals surface area contributed by atoms with E-state index in [9.17, 15) is 4.79 Å². The number of carbonyl (C=O) groups is 1. The number of ether oxygens (including phenoxy) is 3. The Bertz CT molecular complexity index is 378. The minimum atomic E-state index is -0.174. The summed E-state index contributed by atoms with van der Waals surface area (Å²) in [5.41, 5.74) is 0. The number of hydrogen-bond acceptors (Lipinski definition) is 5. The summed E-state index contributed by atoms with van der Waals surface area (Å²) in [5.74, 6) is 1.47. The van der Waals surface area contributed by atoms with Crippen molar-refractivity contribution in [1.29, 1.82) is 0 Å². The van der Waals surface area contributed by atoms with Crippen molar-refractivity contribution in [1.82, 2.24) is 5.32 Å². The lowest BCUT2D eigenvalue weighted by Gasteiger charge is -2.08. The Morgan fingerprint density at radius 2 is 1.65 bits per heavy atom. The zero-order valence-corrected chi connectivity index (χ0v) is 12.2. The van der Waals surface area contributed by atoms with Crippen molar-refractivity contribution < 1.29 is 19.0 Å². The first-order valence-electron chi connectivity index (χ1n) is 6.98. The Morgan fingerprint density at radius 3 is 2.25 bits per heavy atom. The molecular formula is C15H23NO4. The van der Waals surface area contributed by atoms with Gasteiger partial charge in [-0.3, -0.25) is 4.79 Å². The third-order valence-corrected chi connectivity index (χ3v) is 2.49.